The molecule has 0 aromatic heterocycles. The van der Waals surface area contributed by atoms with Crippen LogP contribution in [0, 0.1) is 5.41 Å². The average Bonchev–Trinajstić information content (AvgIpc) is 2.16. The number of amides is 1. The Morgan fingerprint density at radius 2 is 2.13 bits per heavy atom. The summed E-state index contributed by atoms with van der Waals surface area (Å²) in [4.78, 5) is 13.9. The molecule has 1 N–H and O–H groups in total. The van der Waals surface area contributed by atoms with Gasteiger partial charge in [0.15, 0.2) is 0 Å². The monoisotopic (exact) mass is 215 g/mol. The molecule has 1 fully saturated rings. The molecule has 4 nitrogen and oxygen atoms in total. The molecular formula is C11H21NO3. The third kappa shape index (κ3) is 2.92. The molecule has 0 bridgehead atoms. The molecule has 1 rings (SSSR count). The average molecular weight is 215 g/mol. The molecule has 0 aliphatic carbocycles. The van der Waals surface area contributed by atoms with E-state index in [1.807, 2.05) is 32.6 Å². The van der Waals surface area contributed by atoms with Crippen LogP contribution in [0.2, 0.25) is 0 Å². The van der Waals surface area contributed by atoms with Crippen LogP contribution < -0.4 is 0 Å². The molecule has 2 unspecified atom stereocenters. The maximum atomic E-state index is 12.1. The van der Waals surface area contributed by atoms with E-state index in [-0.39, 0.29) is 30.1 Å². The number of hydrogen-bond donors (Lipinski definition) is 1. The predicted molar refractivity (Wildman–Crippen MR) is 57.5 cm³/mol. The largest absolute Gasteiger partial charge is 0.394 e. The van der Waals surface area contributed by atoms with E-state index < -0.39 is 0 Å². The lowest BCUT2D eigenvalue weighted by Crippen LogP contribution is -2.54. The van der Waals surface area contributed by atoms with Crippen molar-refractivity contribution in [3.05, 3.63) is 0 Å². The molecular weight excluding hydrogens is 194 g/mol. The van der Waals surface area contributed by atoms with Gasteiger partial charge in [0.05, 0.1) is 25.4 Å². The standard InChI is InChI=1S/C11H21NO3/c1-8-7-15-9(6-13)5-12(8)10(14)11(2,3)4/h8-9,13H,5-7H2,1-4H3. The van der Waals surface area contributed by atoms with Crippen LogP contribution >= 0.6 is 0 Å². The summed E-state index contributed by atoms with van der Waals surface area (Å²) < 4.78 is 5.39. The van der Waals surface area contributed by atoms with Crippen molar-refractivity contribution in [2.75, 3.05) is 19.8 Å². The van der Waals surface area contributed by atoms with Gasteiger partial charge < -0.3 is 14.7 Å². The zero-order chi connectivity index (χ0) is 11.6. The van der Waals surface area contributed by atoms with E-state index >= 15 is 0 Å². The summed E-state index contributed by atoms with van der Waals surface area (Å²) in [7, 11) is 0. The highest BCUT2D eigenvalue weighted by molar-refractivity contribution is 5.81. The molecule has 0 radical (unpaired) electrons. The number of carbonyl (C=O) groups is 1. The van der Waals surface area contributed by atoms with Crippen molar-refractivity contribution in [3.63, 3.8) is 0 Å². The van der Waals surface area contributed by atoms with Crippen molar-refractivity contribution in [1.82, 2.24) is 4.90 Å². The van der Waals surface area contributed by atoms with E-state index in [0.717, 1.165) is 0 Å². The lowest BCUT2D eigenvalue weighted by molar-refractivity contribution is -0.154. The third-order valence-electron chi connectivity index (χ3n) is 2.61. The lowest BCUT2D eigenvalue weighted by Gasteiger charge is -2.40. The minimum atomic E-state index is -0.369. The highest BCUT2D eigenvalue weighted by atomic mass is 16.5. The van der Waals surface area contributed by atoms with Crippen molar-refractivity contribution in [2.45, 2.75) is 39.8 Å². The van der Waals surface area contributed by atoms with Crippen molar-refractivity contribution < 1.29 is 14.6 Å². The van der Waals surface area contributed by atoms with Gasteiger partial charge in [-0.1, -0.05) is 20.8 Å². The fourth-order valence-corrected chi connectivity index (χ4v) is 1.64. The van der Waals surface area contributed by atoms with Crippen LogP contribution in [0.25, 0.3) is 0 Å². The van der Waals surface area contributed by atoms with Gasteiger partial charge in [0.25, 0.3) is 0 Å². The lowest BCUT2D eigenvalue weighted by atomic mass is 9.93. The van der Waals surface area contributed by atoms with Crippen LogP contribution in [0.3, 0.4) is 0 Å². The van der Waals surface area contributed by atoms with E-state index in [0.29, 0.717) is 13.2 Å². The summed E-state index contributed by atoms with van der Waals surface area (Å²) in [6, 6.07) is 0.0968. The van der Waals surface area contributed by atoms with Crippen LogP contribution in [0.4, 0.5) is 0 Å². The van der Waals surface area contributed by atoms with Crippen LogP contribution in [0.1, 0.15) is 27.7 Å². The number of carbonyl (C=O) groups excluding carboxylic acids is 1. The topological polar surface area (TPSA) is 49.8 Å². The smallest absolute Gasteiger partial charge is 0.228 e. The molecule has 1 heterocycles. The first-order valence-electron chi connectivity index (χ1n) is 5.39. The summed E-state index contributed by atoms with van der Waals surface area (Å²) in [5.41, 5.74) is -0.369. The maximum absolute atomic E-state index is 12.1. The fourth-order valence-electron chi connectivity index (χ4n) is 1.64. The van der Waals surface area contributed by atoms with E-state index in [9.17, 15) is 4.79 Å². The zero-order valence-corrected chi connectivity index (χ0v) is 9.99. The van der Waals surface area contributed by atoms with Crippen molar-refractivity contribution in [2.24, 2.45) is 5.41 Å². The molecule has 1 aliphatic heterocycles. The summed E-state index contributed by atoms with van der Waals surface area (Å²) >= 11 is 0. The Bertz CT molecular complexity index is 234. The third-order valence-corrected chi connectivity index (χ3v) is 2.61. The zero-order valence-electron chi connectivity index (χ0n) is 9.99. The Kier molecular flexibility index (Phi) is 3.73. The summed E-state index contributed by atoms with van der Waals surface area (Å²) in [5, 5.41) is 9.02. The van der Waals surface area contributed by atoms with Crippen molar-refractivity contribution in [1.29, 1.82) is 0 Å². The van der Waals surface area contributed by atoms with Crippen molar-refractivity contribution >= 4 is 5.91 Å². The van der Waals surface area contributed by atoms with Crippen LogP contribution in [0.15, 0.2) is 0 Å². The Balaban J connectivity index is 2.70. The summed E-state index contributed by atoms with van der Waals surface area (Å²) in [5.74, 6) is 0.122. The second-order valence-corrected chi connectivity index (χ2v) is 5.19. The maximum Gasteiger partial charge on any atom is 0.228 e. The van der Waals surface area contributed by atoms with Gasteiger partial charge in [0.1, 0.15) is 0 Å². The van der Waals surface area contributed by atoms with E-state index in [2.05, 4.69) is 0 Å². The molecule has 0 aromatic carbocycles. The van der Waals surface area contributed by atoms with Gasteiger partial charge in [0, 0.05) is 12.0 Å². The summed E-state index contributed by atoms with van der Waals surface area (Å²) in [6.07, 6.45) is -0.229. The van der Waals surface area contributed by atoms with Gasteiger partial charge in [-0.3, -0.25) is 4.79 Å². The van der Waals surface area contributed by atoms with Crippen LogP contribution in [-0.4, -0.2) is 47.8 Å². The van der Waals surface area contributed by atoms with Gasteiger partial charge in [-0.05, 0) is 6.92 Å². The number of nitrogens with zero attached hydrogens (tertiary/aromatic N) is 1. The van der Waals surface area contributed by atoms with E-state index in [1.54, 1.807) is 0 Å². The van der Waals surface area contributed by atoms with Crippen LogP contribution in [-0.2, 0) is 9.53 Å². The predicted octanol–water partition coefficient (Wildman–Crippen LogP) is 0.641. The second-order valence-electron chi connectivity index (χ2n) is 5.19. The molecule has 0 aromatic rings. The number of ether oxygens (including phenoxy) is 1. The number of hydrogen-bond acceptors (Lipinski definition) is 3. The second kappa shape index (κ2) is 4.49. The molecule has 1 saturated heterocycles. The molecule has 0 spiro atoms. The molecule has 2 atom stereocenters. The summed E-state index contributed by atoms with van der Waals surface area (Å²) in [6.45, 7) is 8.67. The SMILES string of the molecule is CC1COC(CO)CN1C(=O)C(C)(C)C. The quantitative estimate of drug-likeness (QED) is 0.698. The van der Waals surface area contributed by atoms with Crippen molar-refractivity contribution in [3.8, 4) is 0 Å². The highest BCUT2D eigenvalue weighted by Gasteiger charge is 2.34. The molecule has 1 aliphatic rings. The van der Waals surface area contributed by atoms with Gasteiger partial charge in [-0.15, -0.1) is 0 Å². The molecule has 1 amide bonds. The molecule has 88 valence electrons. The first-order chi connectivity index (χ1) is 6.86. The molecule has 15 heavy (non-hydrogen) atoms. The number of aliphatic hydroxyl groups is 1. The molecule has 0 saturated carbocycles. The van der Waals surface area contributed by atoms with E-state index in [4.69, 9.17) is 9.84 Å². The Labute approximate surface area is 91.2 Å². The number of aliphatic hydroxyl groups excluding tert-OH is 1. The Morgan fingerprint density at radius 3 is 2.60 bits per heavy atom. The fraction of sp³-hybridized carbons (Fsp3) is 0.909. The van der Waals surface area contributed by atoms with Gasteiger partial charge >= 0.3 is 0 Å². The molecule has 4 heteroatoms. The van der Waals surface area contributed by atoms with Gasteiger partial charge in [-0.25, -0.2) is 0 Å². The normalized spacial score (nSPS) is 27.9. The number of rotatable bonds is 1. The Morgan fingerprint density at radius 1 is 1.53 bits per heavy atom. The first kappa shape index (κ1) is 12.5. The first-order valence-corrected chi connectivity index (χ1v) is 5.39. The van der Waals surface area contributed by atoms with Gasteiger partial charge in [0.2, 0.25) is 5.91 Å². The minimum absolute atomic E-state index is 0.0271. The highest BCUT2D eigenvalue weighted by Crippen LogP contribution is 2.22. The van der Waals surface area contributed by atoms with Gasteiger partial charge in [-0.2, -0.15) is 0 Å². The van der Waals surface area contributed by atoms with Crippen LogP contribution in [0.5, 0.6) is 0 Å². The Hall–Kier alpha value is -0.610. The minimum Gasteiger partial charge on any atom is -0.394 e. The number of morpholine rings is 1. The van der Waals surface area contributed by atoms with E-state index in [1.165, 1.54) is 0 Å².